The van der Waals surface area contributed by atoms with E-state index in [-0.39, 0.29) is 11.2 Å². The smallest absolute Gasteiger partial charge is 0.330 e. The second-order valence-electron chi connectivity index (χ2n) is 4.75. The fourth-order valence-corrected chi connectivity index (χ4v) is 2.07. The summed E-state index contributed by atoms with van der Waals surface area (Å²) in [5.74, 6) is -0.680. The van der Waals surface area contributed by atoms with E-state index in [0.717, 1.165) is 19.0 Å². The molecule has 2 N–H and O–H groups in total. The molecule has 0 rings (SSSR count). The van der Waals surface area contributed by atoms with Crippen LogP contribution in [0.25, 0.3) is 0 Å². The number of quaternary nitrogens is 1. The molecule has 114 valence electrons. The molecule has 0 amide bonds. The summed E-state index contributed by atoms with van der Waals surface area (Å²) in [5.41, 5.74) is 0. The van der Waals surface area contributed by atoms with Gasteiger partial charge in [0.15, 0.2) is 0 Å². The van der Waals surface area contributed by atoms with Crippen molar-refractivity contribution < 1.29 is 32.5 Å². The largest absolute Gasteiger partial charge is 0.870 e. The quantitative estimate of drug-likeness (QED) is 0.215. The summed E-state index contributed by atoms with van der Waals surface area (Å²) in [6.45, 7) is 4.73. The van der Waals surface area contributed by atoms with Gasteiger partial charge in [0.2, 0.25) is 0 Å². The van der Waals surface area contributed by atoms with Crippen LogP contribution >= 0.6 is 0 Å². The van der Waals surface area contributed by atoms with Gasteiger partial charge in [0, 0.05) is 6.08 Å². The lowest BCUT2D eigenvalue weighted by Gasteiger charge is -2.29. The Balaban J connectivity index is 0. The summed E-state index contributed by atoms with van der Waals surface area (Å²) >= 11 is 0. The molecule has 0 atom stereocenters. The molecule has 0 radical (unpaired) electrons. The molecular weight excluding hydrogens is 274 g/mol. The van der Waals surface area contributed by atoms with Crippen molar-refractivity contribution in [3.8, 4) is 0 Å². The molecule has 0 aromatic rings. The normalized spacial score (nSPS) is 11.5. The summed E-state index contributed by atoms with van der Waals surface area (Å²) in [7, 11) is -0.124. The van der Waals surface area contributed by atoms with Gasteiger partial charge in [0.25, 0.3) is 10.1 Å². The minimum atomic E-state index is -3.90. The van der Waals surface area contributed by atoms with Gasteiger partial charge in [-0.05, 0) is 12.8 Å². The van der Waals surface area contributed by atoms with E-state index in [1.54, 1.807) is 0 Å². The van der Waals surface area contributed by atoms with Crippen LogP contribution in [0.1, 0.15) is 12.8 Å². The third kappa shape index (κ3) is 13.3. The summed E-state index contributed by atoms with van der Waals surface area (Å²) < 4.78 is 35.3. The Hall–Kier alpha value is -0.960. The molecule has 0 saturated heterocycles. The average Bonchev–Trinajstić information content (AvgIpc) is 2.25. The minimum Gasteiger partial charge on any atom is -0.870 e. The molecule has 0 fully saturated rings. The van der Waals surface area contributed by atoms with E-state index in [1.807, 2.05) is 14.1 Å². The first-order valence-corrected chi connectivity index (χ1v) is 7.33. The van der Waals surface area contributed by atoms with E-state index in [9.17, 15) is 13.2 Å². The first-order chi connectivity index (χ1) is 8.16. The Bertz CT molecular complexity index is 377. The maximum Gasteiger partial charge on any atom is 0.330 e. The van der Waals surface area contributed by atoms with Crippen molar-refractivity contribution in [2.75, 3.05) is 39.5 Å². The molecule has 0 aromatic carbocycles. The molecule has 19 heavy (non-hydrogen) atoms. The van der Waals surface area contributed by atoms with Crippen LogP contribution in [0.4, 0.5) is 0 Å². The number of carbonyl (C=O) groups excluding carboxylic acids is 1. The lowest BCUT2D eigenvalue weighted by atomic mass is 10.3. The molecule has 0 unspecified atom stereocenters. The number of rotatable bonds is 9. The van der Waals surface area contributed by atoms with Crippen LogP contribution in [0.15, 0.2) is 12.7 Å². The first-order valence-electron chi connectivity index (χ1n) is 5.73. The van der Waals surface area contributed by atoms with Gasteiger partial charge in [0.1, 0.15) is 5.75 Å². The van der Waals surface area contributed by atoms with Gasteiger partial charge < -0.3 is 14.7 Å². The van der Waals surface area contributed by atoms with E-state index in [1.165, 1.54) is 0 Å². The van der Waals surface area contributed by atoms with Crippen LogP contribution < -0.4 is 0 Å². The highest BCUT2D eigenvalue weighted by atomic mass is 32.2. The van der Waals surface area contributed by atoms with Gasteiger partial charge in [-0.15, -0.1) is 0 Å². The van der Waals surface area contributed by atoms with Crippen molar-refractivity contribution in [2.45, 2.75) is 12.8 Å². The lowest BCUT2D eigenvalue weighted by molar-refractivity contribution is -0.888. The van der Waals surface area contributed by atoms with Crippen LogP contribution in [0.5, 0.6) is 0 Å². The molecule has 7 nitrogen and oxygen atoms in total. The predicted octanol–water partition coefficient (Wildman–Crippen LogP) is 0.283. The Morgan fingerprint density at radius 1 is 1.32 bits per heavy atom. The van der Waals surface area contributed by atoms with Gasteiger partial charge in [-0.25, -0.2) is 4.79 Å². The van der Waals surface area contributed by atoms with Gasteiger partial charge in [-0.3, -0.25) is 4.55 Å². The van der Waals surface area contributed by atoms with E-state index in [4.69, 9.17) is 9.29 Å². The van der Waals surface area contributed by atoms with Gasteiger partial charge in [-0.2, -0.15) is 8.42 Å². The Morgan fingerprint density at radius 3 is 2.37 bits per heavy atom. The second-order valence-corrected chi connectivity index (χ2v) is 6.32. The molecule has 0 aromatic heterocycles. The van der Waals surface area contributed by atoms with Crippen molar-refractivity contribution in [3.05, 3.63) is 12.7 Å². The second kappa shape index (κ2) is 9.03. The minimum absolute atomic E-state index is 0. The highest BCUT2D eigenvalue weighted by Crippen LogP contribution is 2.03. The van der Waals surface area contributed by atoms with Gasteiger partial charge in [-0.1, -0.05) is 6.58 Å². The number of hydrogen-bond donors (Lipinski definition) is 1. The molecule has 0 aliphatic rings. The zero-order valence-corrected chi connectivity index (χ0v) is 12.2. The van der Waals surface area contributed by atoms with Crippen LogP contribution in [0, 0.1) is 0 Å². The number of carbonyl (C=O) groups is 1. The highest BCUT2D eigenvalue weighted by Gasteiger charge is 2.18. The SMILES string of the molecule is C=CC(=O)OCCCC[N+](C)(C)CCS(=O)(=O)O.[OH-]. The highest BCUT2D eigenvalue weighted by molar-refractivity contribution is 7.85. The molecular formula is C11H23NO6S. The molecule has 0 saturated carbocycles. The molecule has 0 aliphatic carbocycles. The van der Waals surface area contributed by atoms with Gasteiger partial charge in [0.05, 0.1) is 33.8 Å². The molecule has 8 heteroatoms. The van der Waals surface area contributed by atoms with Crippen molar-refractivity contribution in [3.63, 3.8) is 0 Å². The van der Waals surface area contributed by atoms with Crippen LogP contribution in [-0.2, 0) is 19.6 Å². The van der Waals surface area contributed by atoms with Crippen LogP contribution in [0.2, 0.25) is 0 Å². The summed E-state index contributed by atoms with van der Waals surface area (Å²) in [6, 6.07) is 0. The fraction of sp³-hybridized carbons (Fsp3) is 0.727. The van der Waals surface area contributed by atoms with Gasteiger partial charge >= 0.3 is 5.97 Å². The topological polar surface area (TPSA) is 111 Å². The zero-order chi connectivity index (χ0) is 14.2. The predicted molar refractivity (Wildman–Crippen MR) is 70.6 cm³/mol. The average molecular weight is 297 g/mol. The number of ether oxygens (including phenoxy) is 1. The standard InChI is InChI=1S/C11H21NO5S.H2O/c1-4-11(13)17-9-6-5-7-12(2,3)8-10-18(14,15)16;/h4H,1,5-10H2,2-3H3;1H2. The monoisotopic (exact) mass is 297 g/mol. The first kappa shape index (κ1) is 20.4. The van der Waals surface area contributed by atoms with Crippen molar-refractivity contribution >= 4 is 16.1 Å². The van der Waals surface area contributed by atoms with Crippen LogP contribution in [0.3, 0.4) is 0 Å². The Morgan fingerprint density at radius 2 is 1.89 bits per heavy atom. The number of nitrogens with zero attached hydrogens (tertiary/aromatic N) is 1. The Labute approximate surface area is 114 Å². The maximum atomic E-state index is 10.7. The third-order valence-electron chi connectivity index (χ3n) is 2.52. The van der Waals surface area contributed by atoms with E-state index < -0.39 is 16.1 Å². The van der Waals surface area contributed by atoms with Crippen molar-refractivity contribution in [2.24, 2.45) is 0 Å². The molecule has 0 spiro atoms. The van der Waals surface area contributed by atoms with Crippen molar-refractivity contribution in [1.82, 2.24) is 0 Å². The van der Waals surface area contributed by atoms with E-state index in [0.29, 0.717) is 24.1 Å². The molecule has 0 bridgehead atoms. The molecule has 0 heterocycles. The van der Waals surface area contributed by atoms with E-state index in [2.05, 4.69) is 6.58 Å². The summed E-state index contributed by atoms with van der Waals surface area (Å²) in [4.78, 5) is 10.7. The summed E-state index contributed by atoms with van der Waals surface area (Å²) in [5, 5.41) is 0. The number of esters is 1. The number of unbranched alkanes of at least 4 members (excludes halogenated alkanes) is 1. The number of hydrogen-bond acceptors (Lipinski definition) is 5. The third-order valence-corrected chi connectivity index (χ3v) is 3.22. The summed E-state index contributed by atoms with van der Waals surface area (Å²) in [6.07, 6.45) is 2.64. The molecule has 0 aliphatic heterocycles. The van der Waals surface area contributed by atoms with E-state index >= 15 is 0 Å². The lowest BCUT2D eigenvalue weighted by Crippen LogP contribution is -2.43. The maximum absolute atomic E-state index is 10.7. The Kier molecular flexibility index (Phi) is 9.67. The van der Waals surface area contributed by atoms with Crippen LogP contribution in [-0.4, -0.2) is 68.4 Å². The zero-order valence-electron chi connectivity index (χ0n) is 11.4. The fourth-order valence-electron chi connectivity index (χ4n) is 1.35. The van der Waals surface area contributed by atoms with Crippen molar-refractivity contribution in [1.29, 1.82) is 0 Å².